The number of ether oxygens (including phenoxy) is 2. The van der Waals surface area contributed by atoms with E-state index in [1.54, 1.807) is 12.1 Å². The molecule has 0 aliphatic rings. The molecule has 0 fully saturated rings. The van der Waals surface area contributed by atoms with Crippen LogP contribution in [0.2, 0.25) is 0 Å². The van der Waals surface area contributed by atoms with Crippen LogP contribution >= 0.6 is 0 Å². The average molecular weight is 195 g/mol. The Morgan fingerprint density at radius 2 is 2.29 bits per heavy atom. The van der Waals surface area contributed by atoms with Crippen molar-refractivity contribution < 1.29 is 19.1 Å². The van der Waals surface area contributed by atoms with Crippen molar-refractivity contribution in [3.05, 3.63) is 30.1 Å². The summed E-state index contributed by atoms with van der Waals surface area (Å²) in [6.07, 6.45) is 2.90. The molecule has 0 atom stereocenters. The van der Waals surface area contributed by atoms with Gasteiger partial charge in [0.1, 0.15) is 0 Å². The van der Waals surface area contributed by atoms with Crippen LogP contribution in [0.5, 0.6) is 0 Å². The van der Waals surface area contributed by atoms with Crippen molar-refractivity contribution in [2.24, 2.45) is 0 Å². The number of esters is 2. The van der Waals surface area contributed by atoms with E-state index in [2.05, 4.69) is 14.5 Å². The third-order valence-corrected chi connectivity index (χ3v) is 1.45. The Labute approximate surface area is 80.7 Å². The van der Waals surface area contributed by atoms with Crippen molar-refractivity contribution in [1.82, 2.24) is 4.98 Å². The van der Waals surface area contributed by atoms with E-state index in [0.717, 1.165) is 0 Å². The van der Waals surface area contributed by atoms with E-state index in [0.29, 0.717) is 5.56 Å². The fourth-order valence-electron chi connectivity index (χ4n) is 0.750. The first kappa shape index (κ1) is 10.2. The molecule has 1 rings (SSSR count). The number of methoxy groups -OCH3 is 1. The second kappa shape index (κ2) is 4.96. The lowest BCUT2D eigenvalue weighted by Gasteiger charge is -2.02. The molecule has 1 aromatic heterocycles. The summed E-state index contributed by atoms with van der Waals surface area (Å²) in [5, 5.41) is 0. The maximum atomic E-state index is 11.2. The highest BCUT2D eigenvalue weighted by Crippen LogP contribution is 1.98. The molecule has 0 bridgehead atoms. The number of aromatic nitrogens is 1. The molecule has 5 nitrogen and oxygen atoms in total. The zero-order valence-corrected chi connectivity index (χ0v) is 7.60. The molecular weight excluding hydrogens is 186 g/mol. The smallest absolute Gasteiger partial charge is 0.344 e. The zero-order chi connectivity index (χ0) is 10.4. The van der Waals surface area contributed by atoms with E-state index in [4.69, 9.17) is 0 Å². The van der Waals surface area contributed by atoms with Gasteiger partial charge in [0.2, 0.25) is 0 Å². The van der Waals surface area contributed by atoms with E-state index in [-0.39, 0.29) is 6.61 Å². The first-order valence-corrected chi connectivity index (χ1v) is 3.88. The van der Waals surface area contributed by atoms with Crippen LogP contribution in [0.15, 0.2) is 24.5 Å². The topological polar surface area (TPSA) is 65.5 Å². The number of hydrogen-bond donors (Lipinski definition) is 0. The lowest BCUT2D eigenvalue weighted by atomic mass is 10.3. The Morgan fingerprint density at radius 1 is 1.50 bits per heavy atom. The summed E-state index contributed by atoms with van der Waals surface area (Å²) in [5.74, 6) is -1.19. The zero-order valence-electron chi connectivity index (χ0n) is 7.60. The van der Waals surface area contributed by atoms with Crippen LogP contribution in [-0.4, -0.2) is 30.6 Å². The van der Waals surface area contributed by atoms with Gasteiger partial charge in [-0.05, 0) is 12.1 Å². The van der Waals surface area contributed by atoms with E-state index in [9.17, 15) is 9.59 Å². The summed E-state index contributed by atoms with van der Waals surface area (Å²) < 4.78 is 8.93. The second-order valence-corrected chi connectivity index (χ2v) is 2.39. The molecule has 0 spiro atoms. The van der Waals surface area contributed by atoms with E-state index >= 15 is 0 Å². The summed E-state index contributed by atoms with van der Waals surface area (Å²) >= 11 is 0. The third kappa shape index (κ3) is 2.85. The summed E-state index contributed by atoms with van der Waals surface area (Å²) in [6, 6.07) is 3.15. The minimum Gasteiger partial charge on any atom is -0.466 e. The number of carbonyl (C=O) groups excluding carboxylic acids is 2. The molecule has 14 heavy (non-hydrogen) atoms. The van der Waals surface area contributed by atoms with Gasteiger partial charge < -0.3 is 9.47 Å². The number of rotatable bonds is 3. The van der Waals surface area contributed by atoms with Gasteiger partial charge in [0.15, 0.2) is 6.61 Å². The van der Waals surface area contributed by atoms with Crippen LogP contribution < -0.4 is 0 Å². The van der Waals surface area contributed by atoms with Crippen molar-refractivity contribution >= 4 is 11.9 Å². The lowest BCUT2D eigenvalue weighted by Crippen LogP contribution is -2.15. The molecule has 0 unspecified atom stereocenters. The van der Waals surface area contributed by atoms with Gasteiger partial charge >= 0.3 is 11.9 Å². The molecule has 0 amide bonds. The molecule has 0 aromatic carbocycles. The van der Waals surface area contributed by atoms with Crippen molar-refractivity contribution in [3.63, 3.8) is 0 Å². The average Bonchev–Trinajstić information content (AvgIpc) is 2.26. The summed E-state index contributed by atoms with van der Waals surface area (Å²) in [6.45, 7) is -0.385. The normalized spacial score (nSPS) is 9.21. The number of pyridine rings is 1. The quantitative estimate of drug-likeness (QED) is 0.653. The molecule has 0 aliphatic heterocycles. The predicted octanol–water partition coefficient (Wildman–Crippen LogP) is 0.411. The fourth-order valence-corrected chi connectivity index (χ4v) is 0.750. The minimum absolute atomic E-state index is 0.302. The fraction of sp³-hybridized carbons (Fsp3) is 0.222. The first-order valence-electron chi connectivity index (χ1n) is 3.88. The molecule has 1 heterocycles. The van der Waals surface area contributed by atoms with Gasteiger partial charge in [-0.1, -0.05) is 0 Å². The van der Waals surface area contributed by atoms with Crippen LogP contribution in [0.25, 0.3) is 0 Å². The van der Waals surface area contributed by atoms with Crippen molar-refractivity contribution in [1.29, 1.82) is 0 Å². The molecule has 74 valence electrons. The molecule has 1 aromatic rings. The lowest BCUT2D eigenvalue weighted by molar-refractivity contribution is -0.144. The Hall–Kier alpha value is -1.91. The monoisotopic (exact) mass is 195 g/mol. The SMILES string of the molecule is COC(=O)COC(=O)c1cccnc1. The minimum atomic E-state index is -0.595. The molecule has 0 saturated heterocycles. The first-order chi connectivity index (χ1) is 6.74. The third-order valence-electron chi connectivity index (χ3n) is 1.45. The van der Waals surface area contributed by atoms with Crippen LogP contribution in [0.3, 0.4) is 0 Å². The number of carbonyl (C=O) groups is 2. The predicted molar refractivity (Wildman–Crippen MR) is 46.5 cm³/mol. The van der Waals surface area contributed by atoms with Gasteiger partial charge in [0.05, 0.1) is 12.7 Å². The summed E-state index contributed by atoms with van der Waals surface area (Å²) in [4.78, 5) is 25.6. The Morgan fingerprint density at radius 3 is 2.86 bits per heavy atom. The highest BCUT2D eigenvalue weighted by molar-refractivity contribution is 5.90. The molecule has 0 aliphatic carbocycles. The Bertz CT molecular complexity index is 323. The Kier molecular flexibility index (Phi) is 3.60. The second-order valence-electron chi connectivity index (χ2n) is 2.39. The van der Waals surface area contributed by atoms with Gasteiger partial charge in [-0.2, -0.15) is 0 Å². The molecule has 5 heteroatoms. The van der Waals surface area contributed by atoms with Gasteiger partial charge in [0, 0.05) is 12.4 Å². The maximum absolute atomic E-state index is 11.2. The van der Waals surface area contributed by atoms with E-state index in [1.165, 1.54) is 19.5 Å². The van der Waals surface area contributed by atoms with Crippen molar-refractivity contribution in [2.45, 2.75) is 0 Å². The standard InChI is InChI=1S/C9H9NO4/c1-13-8(11)6-14-9(12)7-3-2-4-10-5-7/h2-5H,6H2,1H3. The van der Waals surface area contributed by atoms with E-state index < -0.39 is 11.9 Å². The van der Waals surface area contributed by atoms with Gasteiger partial charge in [0.25, 0.3) is 0 Å². The van der Waals surface area contributed by atoms with Crippen molar-refractivity contribution in [2.75, 3.05) is 13.7 Å². The molecular formula is C9H9NO4. The van der Waals surface area contributed by atoms with Crippen LogP contribution in [0.1, 0.15) is 10.4 Å². The van der Waals surface area contributed by atoms with Crippen molar-refractivity contribution in [3.8, 4) is 0 Å². The largest absolute Gasteiger partial charge is 0.466 e. The van der Waals surface area contributed by atoms with Gasteiger partial charge in [-0.3, -0.25) is 4.98 Å². The summed E-state index contributed by atoms with van der Waals surface area (Å²) in [7, 11) is 1.22. The highest BCUT2D eigenvalue weighted by atomic mass is 16.6. The van der Waals surface area contributed by atoms with Crippen LogP contribution in [0.4, 0.5) is 0 Å². The molecule has 0 radical (unpaired) electrons. The van der Waals surface area contributed by atoms with Gasteiger partial charge in [-0.15, -0.1) is 0 Å². The van der Waals surface area contributed by atoms with E-state index in [1.807, 2.05) is 0 Å². The number of nitrogens with zero attached hydrogens (tertiary/aromatic N) is 1. The Balaban J connectivity index is 2.48. The van der Waals surface area contributed by atoms with Crippen LogP contribution in [-0.2, 0) is 14.3 Å². The van der Waals surface area contributed by atoms with Gasteiger partial charge in [-0.25, -0.2) is 9.59 Å². The highest BCUT2D eigenvalue weighted by Gasteiger charge is 2.09. The molecule has 0 N–H and O–H groups in total. The van der Waals surface area contributed by atoms with Crippen LogP contribution in [0, 0.1) is 0 Å². The summed E-state index contributed by atoms with van der Waals surface area (Å²) in [5.41, 5.74) is 0.302. The molecule has 0 saturated carbocycles. The maximum Gasteiger partial charge on any atom is 0.344 e. The number of hydrogen-bond acceptors (Lipinski definition) is 5.